The fourth-order valence-corrected chi connectivity index (χ4v) is 7.69. The predicted octanol–water partition coefficient (Wildman–Crippen LogP) is 17.1. The SMILES string of the molecule is CCCCCCCC/C=C\CCCCCCCC(=O)OCC(COC(=O)CCCCCCC/C=C\CCCCCCCC)OC(=O)C=CC=CC=CCCCCCCCC(CCC)OO. The molecule has 0 aliphatic carbocycles. The van der Waals surface area contributed by atoms with E-state index in [9.17, 15) is 14.4 Å². The van der Waals surface area contributed by atoms with Gasteiger partial charge in [-0.3, -0.25) is 14.8 Å². The lowest BCUT2D eigenvalue weighted by Crippen LogP contribution is -2.30. The maximum Gasteiger partial charge on any atom is 0.331 e. The van der Waals surface area contributed by atoms with Crippen LogP contribution in [0.4, 0.5) is 0 Å². The normalized spacial score (nSPS) is 12.6. The Bertz CT molecular complexity index is 1150. The van der Waals surface area contributed by atoms with Crippen molar-refractivity contribution in [1.29, 1.82) is 0 Å². The van der Waals surface area contributed by atoms with E-state index in [2.05, 4.69) is 56.0 Å². The second kappa shape index (κ2) is 52.0. The zero-order chi connectivity index (χ0) is 47.4. The minimum Gasteiger partial charge on any atom is -0.462 e. The van der Waals surface area contributed by atoms with E-state index in [4.69, 9.17) is 19.5 Å². The molecule has 0 amide bonds. The largest absolute Gasteiger partial charge is 0.462 e. The number of hydrogen-bond donors (Lipinski definition) is 1. The summed E-state index contributed by atoms with van der Waals surface area (Å²) in [5.74, 6) is -1.25. The molecule has 0 saturated heterocycles. The van der Waals surface area contributed by atoms with E-state index >= 15 is 0 Å². The summed E-state index contributed by atoms with van der Waals surface area (Å²) in [4.78, 5) is 42.4. The third-order valence-electron chi connectivity index (χ3n) is 11.8. The first-order valence-electron chi connectivity index (χ1n) is 27.1. The Morgan fingerprint density at radius 2 is 0.785 bits per heavy atom. The Balaban J connectivity index is 4.56. The fourth-order valence-electron chi connectivity index (χ4n) is 7.69. The topological polar surface area (TPSA) is 108 Å². The quantitative estimate of drug-likeness (QED) is 0.00940. The summed E-state index contributed by atoms with van der Waals surface area (Å²) in [5, 5.41) is 8.95. The Hall–Kier alpha value is -2.97. The monoisotopic (exact) mass is 913 g/mol. The molecule has 1 N–H and O–H groups in total. The molecule has 0 fully saturated rings. The molecule has 0 saturated carbocycles. The van der Waals surface area contributed by atoms with E-state index in [-0.39, 0.29) is 31.3 Å². The lowest BCUT2D eigenvalue weighted by Gasteiger charge is -2.17. The molecular weight excluding hydrogens is 813 g/mol. The highest BCUT2D eigenvalue weighted by molar-refractivity contribution is 5.82. The molecular formula is C57H100O8. The molecule has 0 spiro atoms. The summed E-state index contributed by atoms with van der Waals surface area (Å²) in [5.41, 5.74) is 0. The molecule has 0 heterocycles. The molecule has 0 rings (SSSR count). The van der Waals surface area contributed by atoms with Crippen LogP contribution < -0.4 is 0 Å². The second-order valence-corrected chi connectivity index (χ2v) is 18.1. The van der Waals surface area contributed by atoms with Gasteiger partial charge in [-0.1, -0.05) is 210 Å². The standard InChI is InChI=1S/C57H100O8/c1-4-7-9-11-13-15-17-19-21-23-27-31-35-39-43-48-55(58)62-51-54(52-63-56(59)49-44-40-36-32-28-24-22-20-18-16-14-12-10-8-5-2)64-57(60)50-45-41-37-33-29-25-26-30-34-38-42-47-53(65-61)46-6-3/h19-22,29,33,37,41,45,50,53-54,61H,4-18,23-28,30-32,34-36,38-40,42-44,46-49,51-52H2,1-3H3/b21-19-,22-20-,33-29?,41-37?,50-45?. The first kappa shape index (κ1) is 62.0. The number of ether oxygens (including phenoxy) is 3. The highest BCUT2D eigenvalue weighted by atomic mass is 17.1. The van der Waals surface area contributed by atoms with E-state index < -0.39 is 12.1 Å². The minimum absolute atomic E-state index is 0.0320. The summed E-state index contributed by atoms with van der Waals surface area (Å²) in [7, 11) is 0. The van der Waals surface area contributed by atoms with Gasteiger partial charge in [0.2, 0.25) is 0 Å². The number of carbonyl (C=O) groups excluding carboxylic acids is 3. The van der Waals surface area contributed by atoms with Crippen molar-refractivity contribution in [3.8, 4) is 0 Å². The molecule has 0 bridgehead atoms. The van der Waals surface area contributed by atoms with Gasteiger partial charge in [0.05, 0.1) is 6.10 Å². The van der Waals surface area contributed by atoms with Gasteiger partial charge >= 0.3 is 17.9 Å². The van der Waals surface area contributed by atoms with Gasteiger partial charge in [-0.15, -0.1) is 0 Å². The first-order chi connectivity index (χ1) is 32.0. The zero-order valence-electron chi connectivity index (χ0n) is 42.3. The van der Waals surface area contributed by atoms with Gasteiger partial charge in [0.15, 0.2) is 6.10 Å². The van der Waals surface area contributed by atoms with Gasteiger partial charge < -0.3 is 14.2 Å². The average Bonchev–Trinajstić information content (AvgIpc) is 3.30. The number of rotatable bonds is 49. The molecule has 0 aromatic heterocycles. The summed E-state index contributed by atoms with van der Waals surface area (Å²) in [6, 6.07) is 0. The molecule has 65 heavy (non-hydrogen) atoms. The van der Waals surface area contributed by atoms with Crippen molar-refractivity contribution in [3.63, 3.8) is 0 Å². The van der Waals surface area contributed by atoms with Crippen molar-refractivity contribution in [1.82, 2.24) is 0 Å². The van der Waals surface area contributed by atoms with Crippen LogP contribution in [0.5, 0.6) is 0 Å². The predicted molar refractivity (Wildman–Crippen MR) is 273 cm³/mol. The van der Waals surface area contributed by atoms with Gasteiger partial charge in [-0.25, -0.2) is 9.68 Å². The second-order valence-electron chi connectivity index (χ2n) is 18.1. The van der Waals surface area contributed by atoms with Crippen molar-refractivity contribution < 1.29 is 38.7 Å². The smallest absolute Gasteiger partial charge is 0.331 e. The molecule has 1 atom stereocenters. The average molecular weight is 913 g/mol. The summed E-state index contributed by atoms with van der Waals surface area (Å²) >= 11 is 0. The van der Waals surface area contributed by atoms with Crippen LogP contribution >= 0.6 is 0 Å². The summed E-state index contributed by atoms with van der Waals surface area (Å²) in [6.45, 7) is 6.30. The van der Waals surface area contributed by atoms with Gasteiger partial charge in [-0.05, 0) is 89.9 Å². The highest BCUT2D eigenvalue weighted by Crippen LogP contribution is 2.15. The lowest BCUT2D eigenvalue weighted by molar-refractivity contribution is -0.281. The molecule has 0 radical (unpaired) electrons. The number of esters is 3. The molecule has 0 aliphatic rings. The van der Waals surface area contributed by atoms with Crippen LogP contribution in [0, 0.1) is 0 Å². The van der Waals surface area contributed by atoms with Crippen LogP contribution in [-0.4, -0.2) is 48.6 Å². The third-order valence-corrected chi connectivity index (χ3v) is 11.8. The number of carbonyl (C=O) groups is 3. The summed E-state index contributed by atoms with van der Waals surface area (Å²) in [6.07, 6.45) is 60.1. The van der Waals surface area contributed by atoms with Gasteiger partial charge in [0.25, 0.3) is 0 Å². The van der Waals surface area contributed by atoms with E-state index in [1.807, 2.05) is 12.2 Å². The van der Waals surface area contributed by atoms with E-state index in [1.54, 1.807) is 12.2 Å². The highest BCUT2D eigenvalue weighted by Gasteiger charge is 2.18. The van der Waals surface area contributed by atoms with Crippen molar-refractivity contribution >= 4 is 17.9 Å². The lowest BCUT2D eigenvalue weighted by atomic mass is 10.0. The van der Waals surface area contributed by atoms with Gasteiger partial charge in [0.1, 0.15) is 13.2 Å². The third kappa shape index (κ3) is 48.8. The van der Waals surface area contributed by atoms with Crippen LogP contribution in [-0.2, 0) is 33.5 Å². The molecule has 0 aromatic rings. The first-order valence-corrected chi connectivity index (χ1v) is 27.1. The zero-order valence-corrected chi connectivity index (χ0v) is 42.3. The Labute approximate surface area is 399 Å². The number of allylic oxidation sites excluding steroid dienone is 9. The van der Waals surface area contributed by atoms with Crippen LogP contribution in [0.2, 0.25) is 0 Å². The minimum atomic E-state index is -0.882. The molecule has 1 unspecified atom stereocenters. The van der Waals surface area contributed by atoms with Crippen LogP contribution in [0.15, 0.2) is 60.8 Å². The number of hydrogen-bond acceptors (Lipinski definition) is 8. The Kier molecular flexibility index (Phi) is 49.6. The van der Waals surface area contributed by atoms with Crippen LogP contribution in [0.3, 0.4) is 0 Å². The van der Waals surface area contributed by atoms with Crippen LogP contribution in [0.25, 0.3) is 0 Å². The molecule has 8 heteroatoms. The van der Waals surface area contributed by atoms with Gasteiger partial charge in [-0.2, -0.15) is 0 Å². The Morgan fingerprint density at radius 3 is 1.22 bits per heavy atom. The van der Waals surface area contributed by atoms with Gasteiger partial charge in [0, 0.05) is 18.9 Å². The van der Waals surface area contributed by atoms with Crippen molar-refractivity contribution in [3.05, 3.63) is 60.8 Å². The molecule has 0 aliphatic heterocycles. The molecule has 376 valence electrons. The molecule has 0 aromatic carbocycles. The maximum absolute atomic E-state index is 12.7. The molecule has 8 nitrogen and oxygen atoms in total. The fraction of sp³-hybridized carbons (Fsp3) is 0.772. The van der Waals surface area contributed by atoms with E-state index in [1.165, 1.54) is 122 Å². The number of unbranched alkanes of at least 4 members (excludes halogenated alkanes) is 27. The van der Waals surface area contributed by atoms with E-state index in [0.717, 1.165) is 109 Å². The maximum atomic E-state index is 12.7. The van der Waals surface area contributed by atoms with Crippen molar-refractivity contribution in [2.75, 3.05) is 13.2 Å². The van der Waals surface area contributed by atoms with Crippen LogP contribution in [0.1, 0.15) is 258 Å². The summed E-state index contributed by atoms with van der Waals surface area (Å²) < 4.78 is 16.6. The van der Waals surface area contributed by atoms with Crippen molar-refractivity contribution in [2.24, 2.45) is 0 Å². The van der Waals surface area contributed by atoms with E-state index in [0.29, 0.717) is 12.8 Å². The van der Waals surface area contributed by atoms with Crippen molar-refractivity contribution in [2.45, 2.75) is 271 Å². The Morgan fingerprint density at radius 1 is 0.400 bits per heavy atom.